The number of piperidine rings is 2. The molecular weight excluding hydrogens is 1160 g/mol. The number of carbonyl (C=O) groups excluding carboxylic acids is 5. The maximum Gasteiger partial charge on any atom is 0.293 e. The summed E-state index contributed by atoms with van der Waals surface area (Å²) in [5.41, 5.74) is 7.28. The van der Waals surface area contributed by atoms with Gasteiger partial charge in [0, 0.05) is 124 Å². The number of nitrogens with one attached hydrogen (secondary N) is 4. The van der Waals surface area contributed by atoms with Crippen LogP contribution in [0.1, 0.15) is 128 Å². The number of allylic oxidation sites excluding steroid dienone is 1. The van der Waals surface area contributed by atoms with Crippen molar-refractivity contribution in [3.05, 3.63) is 152 Å². The van der Waals surface area contributed by atoms with E-state index in [1.165, 1.54) is 46.0 Å². The molecule has 3 fully saturated rings. The summed E-state index contributed by atoms with van der Waals surface area (Å²) in [6.07, 6.45) is 11.5. The molecule has 3 saturated heterocycles. The molecule has 1 atom stereocenters. The van der Waals surface area contributed by atoms with E-state index in [0.717, 1.165) is 80.0 Å². The highest BCUT2D eigenvalue weighted by Crippen LogP contribution is 2.44. The van der Waals surface area contributed by atoms with Gasteiger partial charge >= 0.3 is 0 Å². The Morgan fingerprint density at radius 1 is 0.909 bits per heavy atom. The van der Waals surface area contributed by atoms with Crippen LogP contribution in [0.15, 0.2) is 114 Å². The van der Waals surface area contributed by atoms with Gasteiger partial charge in [-0.1, -0.05) is 67.5 Å². The number of fused-ring (bicyclic) bond motifs is 2. The van der Waals surface area contributed by atoms with Crippen molar-refractivity contribution < 1.29 is 42.1 Å². The number of aromatic amines is 1. The van der Waals surface area contributed by atoms with Crippen LogP contribution in [0.2, 0.25) is 5.02 Å². The molecule has 22 heteroatoms. The number of amides is 5. The van der Waals surface area contributed by atoms with Crippen LogP contribution in [-0.2, 0) is 31.0 Å². The third-order valence-corrected chi connectivity index (χ3v) is 19.2. The number of ether oxygens (including phenoxy) is 1. The standard InChI is InChI=1S/C66H71ClN10O10S/c1-66(2)27-23-47(54(38-66)45-13-15-48(67)16-14-45)41-73-31-33-74(34-32-73)49-17-19-53(59(36-49)87-50-35-46-24-28-68-62(46)70-40-50)63(80)72-88(85,86)51-18-20-56(58(37-51)77(83)84)69-39-43-25-29-75(30-26-43)61(79)12-7-5-3-4-6-9-44-10-8-11-52-55(44)42-76(65(52)82)57-21-22-60(78)71-64(57)81/h8,10-11,13-20,24,28,35-37,40,43,57,69H,3-5,7,12,21-23,25-27,29-34,38-39,41-42H2,1-2H3,(H,68,70)(H,72,80)(H,71,78,81). The van der Waals surface area contributed by atoms with Crippen molar-refractivity contribution in [2.24, 2.45) is 11.3 Å². The number of nitrogens with zero attached hydrogens (tertiary/aromatic N) is 6. The Kier molecular flexibility index (Phi) is 18.3. The fourth-order valence-electron chi connectivity index (χ4n) is 12.5. The van der Waals surface area contributed by atoms with Crippen molar-refractivity contribution >= 4 is 84.8 Å². The van der Waals surface area contributed by atoms with E-state index in [4.69, 9.17) is 16.3 Å². The highest BCUT2D eigenvalue weighted by molar-refractivity contribution is 7.90. The number of H-pyrrole nitrogens is 1. The molecule has 458 valence electrons. The maximum atomic E-state index is 14.2. The second kappa shape index (κ2) is 26.4. The highest BCUT2D eigenvalue weighted by Gasteiger charge is 2.40. The first-order chi connectivity index (χ1) is 42.3. The number of carbonyl (C=O) groups is 5. The van der Waals surface area contributed by atoms with Crippen LogP contribution in [0.3, 0.4) is 0 Å². The largest absolute Gasteiger partial charge is 0.455 e. The van der Waals surface area contributed by atoms with Gasteiger partial charge in [-0.2, -0.15) is 0 Å². The number of nitro benzene ring substituents is 1. The Morgan fingerprint density at radius 2 is 1.70 bits per heavy atom. The monoisotopic (exact) mass is 1230 g/mol. The summed E-state index contributed by atoms with van der Waals surface area (Å²) < 4.78 is 36.4. The van der Waals surface area contributed by atoms with Gasteiger partial charge in [-0.05, 0) is 140 Å². The third kappa shape index (κ3) is 14.2. The molecule has 2 aromatic heterocycles. The number of sulfonamides is 1. The van der Waals surface area contributed by atoms with Gasteiger partial charge in [0.05, 0.1) is 21.6 Å². The summed E-state index contributed by atoms with van der Waals surface area (Å²) >= 11 is 6.27. The van der Waals surface area contributed by atoms with Crippen molar-refractivity contribution in [2.45, 2.75) is 108 Å². The van der Waals surface area contributed by atoms with Crippen LogP contribution in [0.5, 0.6) is 11.5 Å². The molecule has 5 amide bonds. The van der Waals surface area contributed by atoms with E-state index in [2.05, 4.69) is 72.9 Å². The maximum absolute atomic E-state index is 14.2. The van der Waals surface area contributed by atoms with Crippen molar-refractivity contribution in [1.29, 1.82) is 0 Å². The highest BCUT2D eigenvalue weighted by atomic mass is 35.5. The topological polar surface area (TPSA) is 250 Å². The quantitative estimate of drug-likeness (QED) is 0.0194. The molecule has 11 rings (SSSR count). The molecule has 4 aliphatic heterocycles. The zero-order valence-electron chi connectivity index (χ0n) is 49.4. The number of nitro groups is 1. The summed E-state index contributed by atoms with van der Waals surface area (Å²) in [5, 5.41) is 19.4. The van der Waals surface area contributed by atoms with Crippen LogP contribution in [0.25, 0.3) is 16.6 Å². The van der Waals surface area contributed by atoms with Crippen molar-refractivity contribution in [2.75, 3.05) is 62.6 Å². The third-order valence-electron chi connectivity index (χ3n) is 17.6. The number of aromatic nitrogens is 2. The molecular formula is C66H71ClN10O10S. The Labute approximate surface area is 516 Å². The zero-order chi connectivity index (χ0) is 61.7. The van der Waals surface area contributed by atoms with Gasteiger partial charge in [0.25, 0.3) is 27.5 Å². The first kappa shape index (κ1) is 61.1. The lowest BCUT2D eigenvalue weighted by atomic mass is 9.72. The minimum Gasteiger partial charge on any atom is -0.455 e. The number of benzene rings is 4. The lowest BCUT2D eigenvalue weighted by Gasteiger charge is -2.39. The molecule has 20 nitrogen and oxygen atoms in total. The number of anilines is 2. The molecule has 6 aromatic rings. The fraction of sp³-hybridized carbons (Fsp3) is 0.394. The Hall–Kier alpha value is -8.58. The van der Waals surface area contributed by atoms with Gasteiger partial charge in [0.2, 0.25) is 17.7 Å². The number of rotatable bonds is 19. The van der Waals surface area contributed by atoms with Crippen LogP contribution in [0, 0.1) is 33.3 Å². The van der Waals surface area contributed by atoms with E-state index >= 15 is 0 Å². The minimum absolute atomic E-state index is 0.0667. The lowest BCUT2D eigenvalue weighted by molar-refractivity contribution is -0.384. The van der Waals surface area contributed by atoms with Gasteiger partial charge in [0.1, 0.15) is 28.9 Å². The molecule has 4 aromatic carbocycles. The molecule has 1 aliphatic carbocycles. The predicted molar refractivity (Wildman–Crippen MR) is 335 cm³/mol. The lowest BCUT2D eigenvalue weighted by Crippen LogP contribution is -2.52. The average molecular weight is 1230 g/mol. The van der Waals surface area contributed by atoms with Crippen LogP contribution in [0.4, 0.5) is 17.1 Å². The van der Waals surface area contributed by atoms with Crippen molar-refractivity contribution in [3.8, 4) is 23.3 Å². The minimum atomic E-state index is -4.65. The second-order valence-electron chi connectivity index (χ2n) is 24.2. The molecule has 0 bridgehead atoms. The Morgan fingerprint density at radius 3 is 2.48 bits per heavy atom. The Bertz CT molecular complexity index is 3910. The molecule has 0 saturated carbocycles. The van der Waals surface area contributed by atoms with E-state index in [9.17, 15) is 42.5 Å². The number of halogens is 1. The smallest absolute Gasteiger partial charge is 0.293 e. The number of hydrogen-bond donors (Lipinski definition) is 4. The van der Waals surface area contributed by atoms with Gasteiger partial charge in [-0.15, -0.1) is 0 Å². The molecule has 0 spiro atoms. The zero-order valence-corrected chi connectivity index (χ0v) is 50.9. The number of piperazine rings is 1. The van der Waals surface area contributed by atoms with Crippen molar-refractivity contribution in [3.63, 3.8) is 0 Å². The Balaban J connectivity index is 0.663. The number of imide groups is 1. The number of hydrogen-bond acceptors (Lipinski definition) is 14. The van der Waals surface area contributed by atoms with Crippen LogP contribution in [-0.4, -0.2) is 126 Å². The normalized spacial score (nSPS) is 18.2. The molecule has 4 N–H and O–H groups in total. The number of pyridine rings is 1. The van der Waals surface area contributed by atoms with Gasteiger partial charge in [-0.25, -0.2) is 18.1 Å². The number of likely N-dealkylation sites (tertiary alicyclic amines) is 1. The van der Waals surface area contributed by atoms with Crippen LogP contribution < -0.4 is 25.0 Å². The van der Waals surface area contributed by atoms with E-state index in [1.54, 1.807) is 36.5 Å². The molecule has 88 heavy (non-hydrogen) atoms. The molecule has 5 aliphatic rings. The molecule has 1 unspecified atom stereocenters. The first-order valence-corrected chi connectivity index (χ1v) is 32.0. The van der Waals surface area contributed by atoms with Gasteiger partial charge in [0.15, 0.2) is 0 Å². The van der Waals surface area contributed by atoms with E-state index in [0.29, 0.717) is 86.8 Å². The summed E-state index contributed by atoms with van der Waals surface area (Å²) in [5.74, 6) is 4.96. The molecule has 0 radical (unpaired) electrons. The van der Waals surface area contributed by atoms with E-state index in [-0.39, 0.29) is 65.4 Å². The summed E-state index contributed by atoms with van der Waals surface area (Å²) in [7, 11) is -4.65. The van der Waals surface area contributed by atoms with Crippen LogP contribution >= 0.6 is 11.6 Å². The first-order valence-electron chi connectivity index (χ1n) is 30.2. The average Bonchev–Trinajstić information content (AvgIpc) is 2.27. The summed E-state index contributed by atoms with van der Waals surface area (Å²) in [4.78, 5) is 91.6. The predicted octanol–water partition coefficient (Wildman–Crippen LogP) is 10.2. The van der Waals surface area contributed by atoms with Gasteiger partial charge < -0.3 is 29.7 Å². The van der Waals surface area contributed by atoms with Crippen molar-refractivity contribution in [1.82, 2.24) is 34.7 Å². The summed E-state index contributed by atoms with van der Waals surface area (Å²) in [6, 6.07) is 24.9. The second-order valence-corrected chi connectivity index (χ2v) is 26.4. The fourth-order valence-corrected chi connectivity index (χ4v) is 13.6. The number of unbranched alkanes of at least 4 members (excludes halogenated alkanes) is 3. The van der Waals surface area contributed by atoms with E-state index < -0.39 is 43.4 Å². The van der Waals surface area contributed by atoms with E-state index in [1.807, 2.05) is 29.2 Å². The SMILES string of the molecule is CC1(C)CCC(CN2CCN(c3ccc(C(=O)NS(=O)(=O)c4ccc(NCC5CCN(C(=O)CCCCCC#Cc6cccc7c6CN(C6CCC(=O)NC6=O)C7=O)CC5)c([N+](=O)[O-])c4)c(Oc4cnc5[nH]ccc5c4)c3)CC2)=C(c2ccc(Cl)cc2)C1. The van der Waals surface area contributed by atoms with Gasteiger partial charge in [-0.3, -0.25) is 44.3 Å². The summed E-state index contributed by atoms with van der Waals surface area (Å²) in [6.45, 7) is 10.2. The molecule has 6 heterocycles.